The first kappa shape index (κ1) is 17.3. The van der Waals surface area contributed by atoms with E-state index in [-0.39, 0.29) is 11.8 Å². The van der Waals surface area contributed by atoms with E-state index in [0.29, 0.717) is 0 Å². The van der Waals surface area contributed by atoms with Gasteiger partial charge in [0.1, 0.15) is 0 Å². The molecule has 2 aromatic rings. The van der Waals surface area contributed by atoms with Crippen LogP contribution in [0, 0.1) is 5.92 Å². The Morgan fingerprint density at radius 1 is 1.25 bits per heavy atom. The molecule has 1 fully saturated rings. The molecule has 1 saturated heterocycles. The van der Waals surface area contributed by atoms with Crippen molar-refractivity contribution in [2.24, 2.45) is 11.7 Å². The Balaban J connectivity index is 1.52. The molecule has 3 rings (SSSR count). The number of thiophene rings is 1. The summed E-state index contributed by atoms with van der Waals surface area (Å²) < 4.78 is 0.826. The van der Waals surface area contributed by atoms with Crippen molar-refractivity contribution >= 4 is 34.5 Å². The summed E-state index contributed by atoms with van der Waals surface area (Å²) in [7, 11) is 0. The number of halogens is 1. The molecule has 1 aliphatic rings. The molecule has 1 atom stereocenters. The maximum Gasteiger partial charge on any atom is 0.222 e. The Morgan fingerprint density at radius 2 is 2.04 bits per heavy atom. The highest BCUT2D eigenvalue weighted by atomic mass is 35.5. The van der Waals surface area contributed by atoms with E-state index in [1.807, 2.05) is 6.07 Å². The van der Waals surface area contributed by atoms with E-state index in [4.69, 9.17) is 17.3 Å². The zero-order chi connectivity index (χ0) is 16.9. The van der Waals surface area contributed by atoms with E-state index >= 15 is 0 Å². The average Bonchev–Trinajstić information content (AvgIpc) is 3.01. The summed E-state index contributed by atoms with van der Waals surface area (Å²) in [6, 6.07) is 12.5. The summed E-state index contributed by atoms with van der Waals surface area (Å²) in [6.07, 6.45) is 1.92. The molecule has 1 aromatic carbocycles. The van der Waals surface area contributed by atoms with Crippen molar-refractivity contribution in [3.8, 4) is 0 Å². The monoisotopic (exact) mass is 363 g/mol. The quantitative estimate of drug-likeness (QED) is 0.827. The van der Waals surface area contributed by atoms with Gasteiger partial charge in [0, 0.05) is 36.7 Å². The molecule has 6 heteroatoms. The number of anilines is 1. The maximum absolute atomic E-state index is 11.4. The predicted octanol–water partition coefficient (Wildman–Crippen LogP) is 3.39. The molecule has 0 spiro atoms. The molecule has 0 bridgehead atoms. The van der Waals surface area contributed by atoms with Crippen LogP contribution in [0.5, 0.6) is 0 Å². The molecule has 4 nitrogen and oxygen atoms in total. The molecule has 128 valence electrons. The number of hydrogen-bond acceptors (Lipinski definition) is 4. The maximum atomic E-state index is 11.4. The number of rotatable bonds is 6. The van der Waals surface area contributed by atoms with Crippen molar-refractivity contribution in [1.82, 2.24) is 5.32 Å². The van der Waals surface area contributed by atoms with Crippen molar-refractivity contribution in [1.29, 1.82) is 0 Å². The van der Waals surface area contributed by atoms with E-state index < -0.39 is 0 Å². The smallest absolute Gasteiger partial charge is 0.222 e. The molecule has 2 heterocycles. The van der Waals surface area contributed by atoms with Crippen LogP contribution in [0.1, 0.15) is 23.3 Å². The Morgan fingerprint density at radius 3 is 2.71 bits per heavy atom. The third-order valence-corrected chi connectivity index (χ3v) is 5.61. The first-order valence-electron chi connectivity index (χ1n) is 8.20. The van der Waals surface area contributed by atoms with Gasteiger partial charge in [0.2, 0.25) is 5.91 Å². The molecular weight excluding hydrogens is 342 g/mol. The van der Waals surface area contributed by atoms with Crippen molar-refractivity contribution in [3.63, 3.8) is 0 Å². The summed E-state index contributed by atoms with van der Waals surface area (Å²) in [5, 5.41) is 3.43. The highest BCUT2D eigenvalue weighted by Gasteiger charge is 2.23. The van der Waals surface area contributed by atoms with Gasteiger partial charge in [-0.3, -0.25) is 4.79 Å². The Kier molecular flexibility index (Phi) is 5.76. The summed E-state index contributed by atoms with van der Waals surface area (Å²) >= 11 is 7.54. The SMILES string of the molecule is NC(=O)[C@H]1CCCN(c2ccc(CNCc3ccc(Cl)s3)cc2)C1. The van der Waals surface area contributed by atoms with Gasteiger partial charge in [-0.15, -0.1) is 11.3 Å². The third-order valence-electron chi connectivity index (χ3n) is 4.38. The fraction of sp³-hybridized carbons (Fsp3) is 0.389. The van der Waals surface area contributed by atoms with E-state index in [9.17, 15) is 4.79 Å². The van der Waals surface area contributed by atoms with Gasteiger partial charge in [0.25, 0.3) is 0 Å². The van der Waals surface area contributed by atoms with Crippen molar-refractivity contribution in [3.05, 3.63) is 51.2 Å². The van der Waals surface area contributed by atoms with Crippen LogP contribution in [0.3, 0.4) is 0 Å². The van der Waals surface area contributed by atoms with Gasteiger partial charge >= 0.3 is 0 Å². The van der Waals surface area contributed by atoms with Crippen LogP contribution in [-0.2, 0) is 17.9 Å². The number of nitrogens with zero attached hydrogens (tertiary/aromatic N) is 1. The van der Waals surface area contributed by atoms with Crippen molar-refractivity contribution < 1.29 is 4.79 Å². The second kappa shape index (κ2) is 8.01. The highest BCUT2D eigenvalue weighted by molar-refractivity contribution is 7.16. The van der Waals surface area contributed by atoms with Crippen LogP contribution in [-0.4, -0.2) is 19.0 Å². The largest absolute Gasteiger partial charge is 0.371 e. The lowest BCUT2D eigenvalue weighted by atomic mass is 9.97. The molecule has 3 N–H and O–H groups in total. The standard InChI is InChI=1S/C18H22ClN3OS/c19-17-8-7-16(24-17)11-21-10-13-3-5-15(6-4-13)22-9-1-2-14(12-22)18(20)23/h3-8,14,21H,1-2,9-12H2,(H2,20,23)/t14-/m0/s1. The topological polar surface area (TPSA) is 58.4 Å². The van der Waals surface area contributed by atoms with Crippen molar-refractivity contribution in [2.45, 2.75) is 25.9 Å². The Bertz CT molecular complexity index is 686. The fourth-order valence-electron chi connectivity index (χ4n) is 3.05. The second-order valence-corrected chi connectivity index (χ2v) is 7.96. The van der Waals surface area contributed by atoms with Gasteiger partial charge < -0.3 is 16.0 Å². The van der Waals surface area contributed by atoms with E-state index in [0.717, 1.165) is 49.0 Å². The molecular formula is C18H22ClN3OS. The van der Waals surface area contributed by atoms with Crippen LogP contribution in [0.2, 0.25) is 4.34 Å². The van der Waals surface area contributed by atoms with Crippen LogP contribution in [0.15, 0.2) is 36.4 Å². The van der Waals surface area contributed by atoms with E-state index in [1.165, 1.54) is 10.4 Å². The number of hydrogen-bond donors (Lipinski definition) is 2. The molecule has 24 heavy (non-hydrogen) atoms. The zero-order valence-electron chi connectivity index (χ0n) is 13.5. The number of carbonyl (C=O) groups excluding carboxylic acids is 1. The number of carbonyl (C=O) groups is 1. The van der Waals surface area contributed by atoms with E-state index in [1.54, 1.807) is 11.3 Å². The molecule has 0 aliphatic carbocycles. The minimum atomic E-state index is -0.186. The van der Waals surface area contributed by atoms with Crippen LogP contribution in [0.25, 0.3) is 0 Å². The third kappa shape index (κ3) is 4.50. The number of primary amides is 1. The predicted molar refractivity (Wildman–Crippen MR) is 100 cm³/mol. The first-order chi connectivity index (χ1) is 11.6. The highest BCUT2D eigenvalue weighted by Crippen LogP contribution is 2.24. The number of amides is 1. The summed E-state index contributed by atoms with van der Waals surface area (Å²) in [5.41, 5.74) is 7.86. The van der Waals surface area contributed by atoms with Gasteiger partial charge in [0.05, 0.1) is 10.3 Å². The lowest BCUT2D eigenvalue weighted by molar-refractivity contribution is -0.122. The second-order valence-electron chi connectivity index (χ2n) is 6.16. The number of piperidine rings is 1. The lowest BCUT2D eigenvalue weighted by Crippen LogP contribution is -2.41. The minimum Gasteiger partial charge on any atom is -0.371 e. The Labute approximate surface area is 151 Å². The molecule has 1 aromatic heterocycles. The van der Waals surface area contributed by atoms with Gasteiger partial charge in [-0.25, -0.2) is 0 Å². The molecule has 1 amide bonds. The van der Waals surface area contributed by atoms with Crippen molar-refractivity contribution in [2.75, 3.05) is 18.0 Å². The minimum absolute atomic E-state index is 0.0299. The fourth-order valence-corrected chi connectivity index (χ4v) is 4.10. The van der Waals surface area contributed by atoms with Gasteiger partial charge in [-0.2, -0.15) is 0 Å². The summed E-state index contributed by atoms with van der Waals surface area (Å²) in [5.74, 6) is -0.216. The zero-order valence-corrected chi connectivity index (χ0v) is 15.1. The average molecular weight is 364 g/mol. The van der Waals surface area contributed by atoms with Crippen LogP contribution in [0.4, 0.5) is 5.69 Å². The number of benzene rings is 1. The first-order valence-corrected chi connectivity index (χ1v) is 9.39. The summed E-state index contributed by atoms with van der Waals surface area (Å²) in [6.45, 7) is 3.36. The van der Waals surface area contributed by atoms with Gasteiger partial charge in [0.15, 0.2) is 0 Å². The normalized spacial score (nSPS) is 17.9. The van der Waals surface area contributed by atoms with Gasteiger partial charge in [-0.05, 0) is 42.7 Å². The van der Waals surface area contributed by atoms with Crippen LogP contribution >= 0.6 is 22.9 Å². The Hall–Kier alpha value is -1.56. The number of nitrogens with two attached hydrogens (primary N) is 1. The summed E-state index contributed by atoms with van der Waals surface area (Å²) in [4.78, 5) is 14.9. The van der Waals surface area contributed by atoms with Crippen LogP contribution < -0.4 is 16.0 Å². The molecule has 1 aliphatic heterocycles. The van der Waals surface area contributed by atoms with E-state index in [2.05, 4.69) is 40.5 Å². The lowest BCUT2D eigenvalue weighted by Gasteiger charge is -2.33. The molecule has 0 saturated carbocycles. The number of nitrogens with one attached hydrogen (secondary N) is 1. The molecule has 0 radical (unpaired) electrons. The molecule has 0 unspecified atom stereocenters. The van der Waals surface area contributed by atoms with Gasteiger partial charge in [-0.1, -0.05) is 23.7 Å².